The van der Waals surface area contributed by atoms with Gasteiger partial charge in [0.2, 0.25) is 5.91 Å². The molecule has 26 heavy (non-hydrogen) atoms. The average Bonchev–Trinajstić information content (AvgIpc) is 3.52. The zero-order valence-electron chi connectivity index (χ0n) is 15.5. The van der Waals surface area contributed by atoms with Gasteiger partial charge in [-0.3, -0.25) is 4.79 Å². The fourth-order valence-corrected chi connectivity index (χ4v) is 3.33. The second kappa shape index (κ2) is 9.03. The summed E-state index contributed by atoms with van der Waals surface area (Å²) in [5.41, 5.74) is 0.978. The molecule has 1 saturated carbocycles. The molecule has 0 bridgehead atoms. The summed E-state index contributed by atoms with van der Waals surface area (Å²) in [4.78, 5) is 28.5. The normalized spacial score (nSPS) is 18.0. The summed E-state index contributed by atoms with van der Waals surface area (Å²) in [5.74, 6) is 0.117. The first-order valence-corrected chi connectivity index (χ1v) is 9.57. The van der Waals surface area contributed by atoms with Crippen molar-refractivity contribution >= 4 is 12.0 Å². The lowest BCUT2D eigenvalue weighted by Crippen LogP contribution is -2.44. The molecule has 0 aromatic heterocycles. The van der Waals surface area contributed by atoms with E-state index in [-0.39, 0.29) is 24.5 Å². The highest BCUT2D eigenvalue weighted by molar-refractivity contribution is 5.79. The molecule has 1 aliphatic heterocycles. The molecule has 0 spiro atoms. The molecule has 0 radical (unpaired) electrons. The standard InChI is InChI=1S/C20H29N3O3/c1-22(18-7-8-18)14-11-21-19(24)17-9-12-23(13-10-17)20(25)26-15-16-5-3-2-4-6-16/h2-6,17-18H,7-15H2,1H3,(H,21,24). The van der Waals surface area contributed by atoms with Gasteiger partial charge in [-0.05, 0) is 38.3 Å². The highest BCUT2D eigenvalue weighted by Crippen LogP contribution is 2.24. The average molecular weight is 359 g/mol. The van der Waals surface area contributed by atoms with E-state index in [1.54, 1.807) is 4.90 Å². The molecule has 1 saturated heterocycles. The SMILES string of the molecule is CN(CCNC(=O)C1CCN(C(=O)OCc2ccccc2)CC1)C1CC1. The number of carbonyl (C=O) groups excluding carboxylic acids is 2. The lowest BCUT2D eigenvalue weighted by Gasteiger charge is -2.30. The van der Waals surface area contributed by atoms with Gasteiger partial charge in [0.25, 0.3) is 0 Å². The molecule has 6 nitrogen and oxygen atoms in total. The summed E-state index contributed by atoms with van der Waals surface area (Å²) >= 11 is 0. The number of piperidine rings is 1. The first-order valence-electron chi connectivity index (χ1n) is 9.57. The molecule has 2 amide bonds. The predicted molar refractivity (Wildman–Crippen MR) is 99.6 cm³/mol. The van der Waals surface area contributed by atoms with Crippen molar-refractivity contribution < 1.29 is 14.3 Å². The van der Waals surface area contributed by atoms with Gasteiger partial charge in [-0.2, -0.15) is 0 Å². The van der Waals surface area contributed by atoms with Gasteiger partial charge in [-0.15, -0.1) is 0 Å². The third kappa shape index (κ3) is 5.46. The summed E-state index contributed by atoms with van der Waals surface area (Å²) in [6.45, 7) is 3.04. The smallest absolute Gasteiger partial charge is 0.410 e. The summed E-state index contributed by atoms with van der Waals surface area (Å²) in [6.07, 6.45) is 3.67. The molecular weight excluding hydrogens is 330 g/mol. The maximum Gasteiger partial charge on any atom is 0.410 e. The number of benzene rings is 1. The van der Waals surface area contributed by atoms with Crippen LogP contribution in [0, 0.1) is 5.92 Å². The van der Waals surface area contributed by atoms with Crippen LogP contribution in [0.15, 0.2) is 30.3 Å². The van der Waals surface area contributed by atoms with E-state index in [0.717, 1.165) is 18.2 Å². The second-order valence-corrected chi connectivity index (χ2v) is 7.30. The van der Waals surface area contributed by atoms with Gasteiger partial charge in [-0.1, -0.05) is 30.3 Å². The van der Waals surface area contributed by atoms with E-state index in [1.165, 1.54) is 12.8 Å². The maximum atomic E-state index is 12.3. The highest BCUT2D eigenvalue weighted by Gasteiger charge is 2.29. The van der Waals surface area contributed by atoms with E-state index in [2.05, 4.69) is 17.3 Å². The van der Waals surface area contributed by atoms with Gasteiger partial charge in [0.15, 0.2) is 0 Å². The number of amides is 2. The van der Waals surface area contributed by atoms with Crippen molar-refractivity contribution in [2.24, 2.45) is 5.92 Å². The van der Waals surface area contributed by atoms with E-state index in [9.17, 15) is 9.59 Å². The summed E-state index contributed by atoms with van der Waals surface area (Å²) in [6, 6.07) is 10.4. The Labute approximate surface area is 155 Å². The third-order valence-corrected chi connectivity index (χ3v) is 5.26. The zero-order chi connectivity index (χ0) is 18.4. The number of hydrogen-bond acceptors (Lipinski definition) is 4. The van der Waals surface area contributed by atoms with E-state index < -0.39 is 0 Å². The fraction of sp³-hybridized carbons (Fsp3) is 0.600. The minimum absolute atomic E-state index is 0.000551. The summed E-state index contributed by atoms with van der Waals surface area (Å²) < 4.78 is 5.36. The fourth-order valence-electron chi connectivity index (χ4n) is 3.33. The van der Waals surface area contributed by atoms with Crippen LogP contribution in [-0.4, -0.2) is 61.1 Å². The van der Waals surface area contributed by atoms with E-state index in [1.807, 2.05) is 30.3 Å². The first-order chi connectivity index (χ1) is 12.6. The van der Waals surface area contributed by atoms with Crippen molar-refractivity contribution in [3.63, 3.8) is 0 Å². The number of likely N-dealkylation sites (N-methyl/N-ethyl adjacent to an activating group) is 1. The number of hydrogen-bond donors (Lipinski definition) is 1. The Morgan fingerprint density at radius 1 is 1.15 bits per heavy atom. The Balaban J connectivity index is 1.32. The van der Waals surface area contributed by atoms with Crippen LogP contribution in [0.4, 0.5) is 4.79 Å². The molecule has 0 unspecified atom stereocenters. The van der Waals surface area contributed by atoms with Crippen molar-refractivity contribution in [1.29, 1.82) is 0 Å². The van der Waals surface area contributed by atoms with Crippen molar-refractivity contribution in [2.75, 3.05) is 33.2 Å². The van der Waals surface area contributed by atoms with E-state index in [0.29, 0.717) is 32.5 Å². The van der Waals surface area contributed by atoms with Crippen LogP contribution in [0.25, 0.3) is 0 Å². The van der Waals surface area contributed by atoms with Gasteiger partial charge < -0.3 is 19.9 Å². The molecule has 1 aromatic rings. The molecule has 1 aliphatic carbocycles. The van der Waals surface area contributed by atoms with Gasteiger partial charge in [0, 0.05) is 38.1 Å². The third-order valence-electron chi connectivity index (χ3n) is 5.26. The Morgan fingerprint density at radius 2 is 1.85 bits per heavy atom. The monoisotopic (exact) mass is 359 g/mol. The summed E-state index contributed by atoms with van der Waals surface area (Å²) in [7, 11) is 2.11. The number of rotatable bonds is 7. The van der Waals surface area contributed by atoms with Gasteiger partial charge >= 0.3 is 6.09 Å². The van der Waals surface area contributed by atoms with E-state index >= 15 is 0 Å². The predicted octanol–water partition coefficient (Wildman–Crippen LogP) is 2.25. The van der Waals surface area contributed by atoms with Crippen LogP contribution < -0.4 is 5.32 Å². The summed E-state index contributed by atoms with van der Waals surface area (Å²) in [5, 5.41) is 3.04. The topological polar surface area (TPSA) is 61.9 Å². The Bertz CT molecular complexity index is 596. The number of nitrogens with one attached hydrogen (secondary N) is 1. The first kappa shape index (κ1) is 18.7. The second-order valence-electron chi connectivity index (χ2n) is 7.30. The van der Waals surface area contributed by atoms with Crippen LogP contribution in [0.2, 0.25) is 0 Å². The van der Waals surface area contributed by atoms with Crippen molar-refractivity contribution in [1.82, 2.24) is 15.1 Å². The van der Waals surface area contributed by atoms with Crippen LogP contribution >= 0.6 is 0 Å². The minimum atomic E-state index is -0.293. The molecule has 0 atom stereocenters. The number of ether oxygens (including phenoxy) is 1. The van der Waals surface area contributed by atoms with E-state index in [4.69, 9.17) is 4.74 Å². The molecule has 1 heterocycles. The highest BCUT2D eigenvalue weighted by atomic mass is 16.6. The molecule has 2 fully saturated rings. The Hall–Kier alpha value is -2.08. The maximum absolute atomic E-state index is 12.3. The van der Waals surface area contributed by atoms with Crippen molar-refractivity contribution in [2.45, 2.75) is 38.3 Å². The largest absolute Gasteiger partial charge is 0.445 e. The molecule has 142 valence electrons. The molecule has 3 rings (SSSR count). The van der Waals surface area contributed by atoms with Crippen LogP contribution in [0.5, 0.6) is 0 Å². The lowest BCUT2D eigenvalue weighted by atomic mass is 9.96. The van der Waals surface area contributed by atoms with Crippen molar-refractivity contribution in [3.8, 4) is 0 Å². The molecule has 1 N–H and O–H groups in total. The minimum Gasteiger partial charge on any atom is -0.445 e. The molecule has 6 heteroatoms. The van der Waals surface area contributed by atoms with Gasteiger partial charge in [0.1, 0.15) is 6.61 Å². The lowest BCUT2D eigenvalue weighted by molar-refractivity contribution is -0.126. The Kier molecular flexibility index (Phi) is 6.50. The van der Waals surface area contributed by atoms with Crippen LogP contribution in [0.3, 0.4) is 0 Å². The van der Waals surface area contributed by atoms with Gasteiger partial charge in [0.05, 0.1) is 0 Å². The quantitative estimate of drug-likeness (QED) is 0.811. The van der Waals surface area contributed by atoms with Crippen LogP contribution in [-0.2, 0) is 16.1 Å². The zero-order valence-corrected chi connectivity index (χ0v) is 15.5. The Morgan fingerprint density at radius 3 is 2.50 bits per heavy atom. The molecular formula is C20H29N3O3. The molecule has 2 aliphatic rings. The number of likely N-dealkylation sites (tertiary alicyclic amines) is 1. The number of carbonyl (C=O) groups is 2. The van der Waals surface area contributed by atoms with Crippen molar-refractivity contribution in [3.05, 3.63) is 35.9 Å². The van der Waals surface area contributed by atoms with Crippen LogP contribution in [0.1, 0.15) is 31.2 Å². The number of nitrogens with zero attached hydrogens (tertiary/aromatic N) is 2. The molecule has 1 aromatic carbocycles. The van der Waals surface area contributed by atoms with Gasteiger partial charge in [-0.25, -0.2) is 4.79 Å².